The maximum absolute atomic E-state index is 9.57. The van der Waals surface area contributed by atoms with Gasteiger partial charge in [-0.15, -0.1) is 0 Å². The lowest BCUT2D eigenvalue weighted by Crippen LogP contribution is -2.03. The van der Waals surface area contributed by atoms with Crippen molar-refractivity contribution in [3.63, 3.8) is 0 Å². The predicted octanol–water partition coefficient (Wildman–Crippen LogP) is 3.06. The van der Waals surface area contributed by atoms with Crippen LogP contribution in [0.5, 0.6) is 0 Å². The average Bonchev–Trinajstić information content (AvgIpc) is 2.76. The number of nitrogens with two attached hydrogens (primary N) is 1. The molecule has 0 aliphatic rings. The van der Waals surface area contributed by atoms with Gasteiger partial charge in [-0.3, -0.25) is 4.57 Å². The van der Waals surface area contributed by atoms with E-state index in [0.29, 0.717) is 16.5 Å². The van der Waals surface area contributed by atoms with Crippen LogP contribution in [0.3, 0.4) is 0 Å². The standard InChI is InChI=1S/C15H14ClN3O/c1-9-3-2-4-11(16)15(9)19-13-6-5-10(17)7-12(13)18-14(19)8-20/h2-7,20H,8,17H2,1H3. The van der Waals surface area contributed by atoms with Crippen molar-refractivity contribution < 1.29 is 5.11 Å². The van der Waals surface area contributed by atoms with Gasteiger partial charge < -0.3 is 10.8 Å². The lowest BCUT2D eigenvalue weighted by Gasteiger charge is -2.13. The fourth-order valence-electron chi connectivity index (χ4n) is 2.41. The number of nitrogens with zero attached hydrogens (tertiary/aromatic N) is 2. The minimum absolute atomic E-state index is 0.167. The molecule has 2 aromatic carbocycles. The van der Waals surface area contributed by atoms with Crippen LogP contribution in [0.4, 0.5) is 5.69 Å². The third-order valence-corrected chi connectivity index (χ3v) is 3.61. The fourth-order valence-corrected chi connectivity index (χ4v) is 2.72. The Hall–Kier alpha value is -2.04. The van der Waals surface area contributed by atoms with Crippen molar-refractivity contribution in [2.75, 3.05) is 5.73 Å². The summed E-state index contributed by atoms with van der Waals surface area (Å²) in [5.74, 6) is 0.543. The molecule has 0 atom stereocenters. The maximum Gasteiger partial charge on any atom is 0.140 e. The van der Waals surface area contributed by atoms with E-state index in [-0.39, 0.29) is 6.61 Å². The molecule has 0 bridgehead atoms. The Labute approximate surface area is 121 Å². The number of halogens is 1. The number of benzene rings is 2. The first-order valence-electron chi connectivity index (χ1n) is 6.25. The summed E-state index contributed by atoms with van der Waals surface area (Å²) >= 11 is 6.33. The molecular weight excluding hydrogens is 274 g/mol. The maximum atomic E-state index is 9.57. The Kier molecular flexibility index (Phi) is 3.12. The molecule has 0 amide bonds. The van der Waals surface area contributed by atoms with Crippen LogP contribution in [0.1, 0.15) is 11.4 Å². The van der Waals surface area contributed by atoms with E-state index in [0.717, 1.165) is 22.3 Å². The summed E-state index contributed by atoms with van der Waals surface area (Å²) in [6.45, 7) is 1.81. The first kappa shape index (κ1) is 13.0. The Bertz CT molecular complexity index is 775. The van der Waals surface area contributed by atoms with Gasteiger partial charge in [0.05, 0.1) is 21.7 Å². The quantitative estimate of drug-likeness (QED) is 0.712. The number of rotatable bonds is 2. The average molecular weight is 288 g/mol. The number of hydrogen-bond acceptors (Lipinski definition) is 3. The topological polar surface area (TPSA) is 64.1 Å². The minimum atomic E-state index is -0.167. The van der Waals surface area contributed by atoms with Crippen molar-refractivity contribution in [3.8, 4) is 5.69 Å². The van der Waals surface area contributed by atoms with Crippen molar-refractivity contribution in [1.29, 1.82) is 0 Å². The second-order valence-electron chi connectivity index (χ2n) is 4.68. The largest absolute Gasteiger partial charge is 0.399 e. The predicted molar refractivity (Wildman–Crippen MR) is 81.2 cm³/mol. The molecule has 0 spiro atoms. The summed E-state index contributed by atoms with van der Waals surface area (Å²) in [6, 6.07) is 11.2. The molecule has 0 radical (unpaired) electrons. The van der Waals surface area contributed by atoms with Gasteiger partial charge in [0, 0.05) is 5.69 Å². The minimum Gasteiger partial charge on any atom is -0.399 e. The van der Waals surface area contributed by atoms with Crippen LogP contribution in [-0.2, 0) is 6.61 Å². The second kappa shape index (κ2) is 4.81. The normalized spacial score (nSPS) is 11.2. The van der Waals surface area contributed by atoms with E-state index in [1.54, 1.807) is 6.07 Å². The molecule has 20 heavy (non-hydrogen) atoms. The van der Waals surface area contributed by atoms with E-state index in [1.165, 1.54) is 0 Å². The van der Waals surface area contributed by atoms with Gasteiger partial charge in [-0.2, -0.15) is 0 Å². The Morgan fingerprint density at radius 1 is 1.30 bits per heavy atom. The monoisotopic (exact) mass is 287 g/mol. The Morgan fingerprint density at radius 3 is 2.80 bits per heavy atom. The van der Waals surface area contributed by atoms with Gasteiger partial charge in [-0.25, -0.2) is 4.98 Å². The van der Waals surface area contributed by atoms with Gasteiger partial charge in [0.25, 0.3) is 0 Å². The zero-order valence-electron chi connectivity index (χ0n) is 11.0. The summed E-state index contributed by atoms with van der Waals surface area (Å²) in [7, 11) is 0. The molecule has 3 aromatic rings. The van der Waals surface area contributed by atoms with Crippen LogP contribution >= 0.6 is 11.6 Å². The van der Waals surface area contributed by atoms with Crippen LogP contribution in [0, 0.1) is 6.92 Å². The highest BCUT2D eigenvalue weighted by Crippen LogP contribution is 2.30. The number of nitrogen functional groups attached to an aromatic ring is 1. The van der Waals surface area contributed by atoms with Gasteiger partial charge in [-0.1, -0.05) is 23.7 Å². The lowest BCUT2D eigenvalue weighted by atomic mass is 10.2. The van der Waals surface area contributed by atoms with E-state index in [4.69, 9.17) is 17.3 Å². The SMILES string of the molecule is Cc1cccc(Cl)c1-n1c(CO)nc2cc(N)ccc21. The van der Waals surface area contributed by atoms with Crippen LogP contribution in [0.25, 0.3) is 16.7 Å². The Balaban J connectivity index is 2.40. The fraction of sp³-hybridized carbons (Fsp3) is 0.133. The molecule has 102 valence electrons. The molecule has 4 nitrogen and oxygen atoms in total. The summed E-state index contributed by atoms with van der Waals surface area (Å²) in [4.78, 5) is 4.42. The molecule has 3 rings (SSSR count). The lowest BCUT2D eigenvalue weighted by molar-refractivity contribution is 0.270. The number of aliphatic hydroxyl groups excluding tert-OH is 1. The molecule has 0 unspecified atom stereocenters. The van der Waals surface area contributed by atoms with E-state index in [9.17, 15) is 5.11 Å². The van der Waals surface area contributed by atoms with Crippen molar-refractivity contribution >= 4 is 28.3 Å². The molecule has 5 heteroatoms. The molecule has 0 saturated carbocycles. The number of anilines is 1. The van der Waals surface area contributed by atoms with Crippen molar-refractivity contribution in [3.05, 3.63) is 52.8 Å². The number of aliphatic hydroxyl groups is 1. The van der Waals surface area contributed by atoms with Gasteiger partial charge in [0.2, 0.25) is 0 Å². The summed E-state index contributed by atoms with van der Waals surface area (Å²) in [5, 5.41) is 10.2. The zero-order chi connectivity index (χ0) is 14.3. The van der Waals surface area contributed by atoms with Crippen molar-refractivity contribution in [2.24, 2.45) is 0 Å². The highest BCUT2D eigenvalue weighted by molar-refractivity contribution is 6.32. The first-order chi connectivity index (χ1) is 9.61. The smallest absolute Gasteiger partial charge is 0.140 e. The number of imidazole rings is 1. The van der Waals surface area contributed by atoms with Crippen LogP contribution < -0.4 is 5.73 Å². The van der Waals surface area contributed by atoms with Crippen molar-refractivity contribution in [2.45, 2.75) is 13.5 Å². The van der Waals surface area contributed by atoms with E-state index in [2.05, 4.69) is 4.98 Å². The molecule has 3 N–H and O–H groups in total. The number of aromatic nitrogens is 2. The van der Waals surface area contributed by atoms with Crippen LogP contribution in [0.2, 0.25) is 5.02 Å². The highest BCUT2D eigenvalue weighted by atomic mass is 35.5. The van der Waals surface area contributed by atoms with Gasteiger partial charge in [0.15, 0.2) is 0 Å². The van der Waals surface area contributed by atoms with Gasteiger partial charge >= 0.3 is 0 Å². The molecule has 1 aromatic heterocycles. The van der Waals surface area contributed by atoms with E-state index < -0.39 is 0 Å². The molecule has 0 aliphatic heterocycles. The summed E-state index contributed by atoms with van der Waals surface area (Å²) < 4.78 is 1.88. The first-order valence-corrected chi connectivity index (χ1v) is 6.63. The molecule has 0 saturated heterocycles. The van der Waals surface area contributed by atoms with Crippen molar-refractivity contribution in [1.82, 2.24) is 9.55 Å². The second-order valence-corrected chi connectivity index (χ2v) is 5.08. The van der Waals surface area contributed by atoms with Crippen LogP contribution in [0.15, 0.2) is 36.4 Å². The van der Waals surface area contributed by atoms with E-state index in [1.807, 2.05) is 41.8 Å². The van der Waals surface area contributed by atoms with Gasteiger partial charge in [-0.05, 0) is 36.8 Å². The van der Waals surface area contributed by atoms with Gasteiger partial charge in [0.1, 0.15) is 12.4 Å². The van der Waals surface area contributed by atoms with Crippen LogP contribution in [-0.4, -0.2) is 14.7 Å². The zero-order valence-corrected chi connectivity index (χ0v) is 11.7. The molecular formula is C15H14ClN3O. The third-order valence-electron chi connectivity index (χ3n) is 3.30. The Morgan fingerprint density at radius 2 is 2.10 bits per heavy atom. The number of fused-ring (bicyclic) bond motifs is 1. The highest BCUT2D eigenvalue weighted by Gasteiger charge is 2.15. The summed E-state index contributed by atoms with van der Waals surface area (Å²) in [5.41, 5.74) is 9.90. The number of hydrogen-bond donors (Lipinski definition) is 2. The number of aryl methyl sites for hydroxylation is 1. The molecule has 0 fully saturated rings. The number of para-hydroxylation sites is 1. The molecule has 1 heterocycles. The summed E-state index contributed by atoms with van der Waals surface area (Å²) in [6.07, 6.45) is 0. The van der Waals surface area contributed by atoms with E-state index >= 15 is 0 Å². The third kappa shape index (κ3) is 1.94. The molecule has 0 aliphatic carbocycles.